The van der Waals surface area contributed by atoms with E-state index in [1.54, 1.807) is 0 Å². The average molecular weight is 332 g/mol. The van der Waals surface area contributed by atoms with E-state index in [-0.39, 0.29) is 5.91 Å². The van der Waals surface area contributed by atoms with Gasteiger partial charge in [-0.2, -0.15) is 0 Å². The van der Waals surface area contributed by atoms with Gasteiger partial charge in [-0.15, -0.1) is 0 Å². The minimum absolute atomic E-state index is 0.0535. The normalized spacial score (nSPS) is 17.0. The molecule has 0 aromatic heterocycles. The highest BCUT2D eigenvalue weighted by Crippen LogP contribution is 2.28. The quantitative estimate of drug-likeness (QED) is 0.792. The second-order valence-electron chi connectivity index (χ2n) is 7.45. The van der Waals surface area contributed by atoms with Crippen LogP contribution in [0.5, 0.6) is 5.75 Å². The Morgan fingerprint density at radius 1 is 1.29 bits per heavy atom. The third-order valence-corrected chi connectivity index (χ3v) is 4.85. The Labute approximate surface area is 146 Å². The smallest absolute Gasteiger partial charge is 0.260 e. The summed E-state index contributed by atoms with van der Waals surface area (Å²) in [6.07, 6.45) is 2.06. The molecule has 4 heteroatoms. The van der Waals surface area contributed by atoms with Crippen molar-refractivity contribution in [3.05, 3.63) is 29.3 Å². The third kappa shape index (κ3) is 4.97. The molecule has 1 amide bonds. The largest absolute Gasteiger partial charge is 0.481 e. The number of aryl methyl sites for hydroxylation is 1. The van der Waals surface area contributed by atoms with Crippen molar-refractivity contribution in [3.8, 4) is 5.75 Å². The summed E-state index contributed by atoms with van der Waals surface area (Å²) in [6, 6.07) is 7.24. The van der Waals surface area contributed by atoms with Crippen molar-refractivity contribution < 1.29 is 9.53 Å². The second-order valence-corrected chi connectivity index (χ2v) is 7.45. The Morgan fingerprint density at radius 2 is 1.96 bits per heavy atom. The van der Waals surface area contributed by atoms with Gasteiger partial charge in [-0.25, -0.2) is 0 Å². The molecule has 0 saturated heterocycles. The predicted octanol–water partition coefficient (Wildman–Crippen LogP) is 3.48. The molecule has 0 heterocycles. The molecular weight excluding hydrogens is 300 g/mol. The van der Waals surface area contributed by atoms with Gasteiger partial charge in [0.15, 0.2) is 6.10 Å². The van der Waals surface area contributed by atoms with E-state index in [1.807, 2.05) is 19.9 Å². The summed E-state index contributed by atoms with van der Waals surface area (Å²) in [5.41, 5.74) is 2.28. The monoisotopic (exact) mass is 332 g/mol. The summed E-state index contributed by atoms with van der Waals surface area (Å²) in [5, 5.41) is 3.02. The van der Waals surface area contributed by atoms with E-state index in [2.05, 4.69) is 50.2 Å². The number of ether oxygens (including phenoxy) is 1. The van der Waals surface area contributed by atoms with E-state index >= 15 is 0 Å². The first-order valence-corrected chi connectivity index (χ1v) is 9.06. The summed E-state index contributed by atoms with van der Waals surface area (Å²) in [7, 11) is 2.13. The Balaban J connectivity index is 1.90. The van der Waals surface area contributed by atoms with Gasteiger partial charge in [0.05, 0.1) is 0 Å². The van der Waals surface area contributed by atoms with Gasteiger partial charge in [0.2, 0.25) is 0 Å². The van der Waals surface area contributed by atoms with Gasteiger partial charge in [0.25, 0.3) is 5.91 Å². The lowest BCUT2D eigenvalue weighted by atomic mass is 10.0. The van der Waals surface area contributed by atoms with Gasteiger partial charge in [-0.05, 0) is 63.8 Å². The molecule has 0 spiro atoms. The van der Waals surface area contributed by atoms with Crippen LogP contribution in [0, 0.1) is 6.92 Å². The van der Waals surface area contributed by atoms with E-state index in [0.717, 1.165) is 16.9 Å². The molecule has 24 heavy (non-hydrogen) atoms. The van der Waals surface area contributed by atoms with Crippen molar-refractivity contribution in [2.75, 3.05) is 13.6 Å². The van der Waals surface area contributed by atoms with Crippen molar-refractivity contribution >= 4 is 5.91 Å². The van der Waals surface area contributed by atoms with Crippen molar-refractivity contribution in [1.82, 2.24) is 10.2 Å². The maximum Gasteiger partial charge on any atom is 0.260 e. The van der Waals surface area contributed by atoms with Crippen LogP contribution in [0.1, 0.15) is 57.6 Å². The summed E-state index contributed by atoms with van der Waals surface area (Å²) in [5.74, 6) is 1.13. The van der Waals surface area contributed by atoms with Crippen LogP contribution >= 0.6 is 0 Å². The van der Waals surface area contributed by atoms with Crippen LogP contribution in [0.15, 0.2) is 18.2 Å². The number of carbonyl (C=O) groups is 1. The van der Waals surface area contributed by atoms with Crippen LogP contribution in [0.3, 0.4) is 0 Å². The zero-order valence-electron chi connectivity index (χ0n) is 15.9. The summed E-state index contributed by atoms with van der Waals surface area (Å²) >= 11 is 0. The van der Waals surface area contributed by atoms with Crippen LogP contribution in [0.4, 0.5) is 0 Å². The zero-order valence-corrected chi connectivity index (χ0v) is 15.9. The number of hydrogen-bond donors (Lipinski definition) is 1. The first kappa shape index (κ1) is 18.8. The fourth-order valence-corrected chi connectivity index (χ4v) is 2.84. The van der Waals surface area contributed by atoms with Crippen LogP contribution in [-0.4, -0.2) is 42.6 Å². The van der Waals surface area contributed by atoms with Crippen molar-refractivity contribution in [3.63, 3.8) is 0 Å². The lowest BCUT2D eigenvalue weighted by Crippen LogP contribution is -2.44. The summed E-state index contributed by atoms with van der Waals surface area (Å²) < 4.78 is 5.98. The minimum atomic E-state index is -0.497. The molecule has 4 nitrogen and oxygen atoms in total. The van der Waals surface area contributed by atoms with Gasteiger partial charge < -0.3 is 10.1 Å². The minimum Gasteiger partial charge on any atom is -0.481 e. The van der Waals surface area contributed by atoms with E-state index in [4.69, 9.17) is 4.74 Å². The number of likely N-dealkylation sites (N-methyl/N-ethyl adjacent to an activating group) is 1. The maximum absolute atomic E-state index is 12.4. The zero-order chi connectivity index (χ0) is 17.9. The predicted molar refractivity (Wildman–Crippen MR) is 98.6 cm³/mol. The lowest BCUT2D eigenvalue weighted by molar-refractivity contribution is -0.127. The van der Waals surface area contributed by atoms with E-state index in [9.17, 15) is 4.79 Å². The number of nitrogens with one attached hydrogen (secondary N) is 1. The lowest BCUT2D eigenvalue weighted by Gasteiger charge is -2.25. The molecule has 2 rings (SSSR count). The van der Waals surface area contributed by atoms with Crippen LogP contribution in [0.25, 0.3) is 0 Å². The van der Waals surface area contributed by atoms with Crippen molar-refractivity contribution in [2.24, 2.45) is 0 Å². The molecular formula is C20H32N2O2. The molecule has 0 aliphatic heterocycles. The van der Waals surface area contributed by atoms with E-state index < -0.39 is 6.10 Å². The SMILES string of the molecule is Cc1ccc(C(C)C)c(OC(C)C(=O)NCC(C)N(C)C2CC2)c1. The molecule has 1 aromatic carbocycles. The third-order valence-electron chi connectivity index (χ3n) is 4.85. The molecule has 0 radical (unpaired) electrons. The summed E-state index contributed by atoms with van der Waals surface area (Å²) in [4.78, 5) is 14.7. The molecule has 1 N–H and O–H groups in total. The molecule has 134 valence electrons. The highest BCUT2D eigenvalue weighted by atomic mass is 16.5. The van der Waals surface area contributed by atoms with Crippen LogP contribution in [0.2, 0.25) is 0 Å². The number of hydrogen-bond acceptors (Lipinski definition) is 3. The van der Waals surface area contributed by atoms with Crippen molar-refractivity contribution in [2.45, 2.75) is 71.6 Å². The van der Waals surface area contributed by atoms with Crippen LogP contribution < -0.4 is 10.1 Å². The Morgan fingerprint density at radius 3 is 2.54 bits per heavy atom. The molecule has 2 unspecified atom stereocenters. The van der Waals surface area contributed by atoms with Gasteiger partial charge in [0, 0.05) is 18.6 Å². The first-order chi connectivity index (χ1) is 11.3. The number of carbonyl (C=O) groups excluding carboxylic acids is 1. The van der Waals surface area contributed by atoms with Gasteiger partial charge in [-0.1, -0.05) is 26.0 Å². The molecule has 1 saturated carbocycles. The standard InChI is InChI=1S/C20H32N2O2/c1-13(2)18-10-7-14(3)11-19(18)24-16(5)20(23)21-12-15(4)22(6)17-8-9-17/h7,10-11,13,15-17H,8-9,12H2,1-6H3,(H,21,23). The average Bonchev–Trinajstić information content (AvgIpc) is 3.35. The molecule has 1 aromatic rings. The topological polar surface area (TPSA) is 41.6 Å². The van der Waals surface area contributed by atoms with Gasteiger partial charge in [0.1, 0.15) is 5.75 Å². The molecule has 2 atom stereocenters. The second kappa shape index (κ2) is 8.02. The molecule has 1 aliphatic carbocycles. The van der Waals surface area contributed by atoms with E-state index in [0.29, 0.717) is 24.5 Å². The Bertz CT molecular complexity index is 567. The van der Waals surface area contributed by atoms with E-state index in [1.165, 1.54) is 12.8 Å². The molecule has 0 bridgehead atoms. The number of benzene rings is 1. The van der Waals surface area contributed by atoms with Gasteiger partial charge in [-0.3, -0.25) is 9.69 Å². The number of rotatable bonds is 8. The fourth-order valence-electron chi connectivity index (χ4n) is 2.84. The molecule has 1 fully saturated rings. The Kier molecular flexibility index (Phi) is 6.27. The van der Waals surface area contributed by atoms with Gasteiger partial charge >= 0.3 is 0 Å². The molecule has 1 aliphatic rings. The Hall–Kier alpha value is -1.55. The van der Waals surface area contributed by atoms with Crippen molar-refractivity contribution in [1.29, 1.82) is 0 Å². The highest BCUT2D eigenvalue weighted by molar-refractivity contribution is 5.80. The highest BCUT2D eigenvalue weighted by Gasteiger charge is 2.29. The van der Waals surface area contributed by atoms with Crippen LogP contribution in [-0.2, 0) is 4.79 Å². The maximum atomic E-state index is 12.4. The number of amides is 1. The first-order valence-electron chi connectivity index (χ1n) is 9.06. The fraction of sp³-hybridized carbons (Fsp3) is 0.650. The number of nitrogens with zero attached hydrogens (tertiary/aromatic N) is 1. The summed E-state index contributed by atoms with van der Waals surface area (Å²) in [6.45, 7) is 10.9.